The molecule has 0 bridgehead atoms. The molecule has 0 radical (unpaired) electrons. The summed E-state index contributed by atoms with van der Waals surface area (Å²) in [6.07, 6.45) is -0.146. The number of nitriles is 1. The number of ketones is 1. The molecule has 2 heterocycles. The maximum atomic E-state index is 13.5. The molecular weight excluding hydrogens is 392 g/mol. The van der Waals surface area contributed by atoms with E-state index in [0.717, 1.165) is 22.2 Å². The first kappa shape index (κ1) is 19.8. The fraction of sp³-hybridized carbons (Fsp3) is 0.360. The Morgan fingerprint density at radius 3 is 2.71 bits per heavy atom. The molecular formula is C25H24N2O4. The maximum absolute atomic E-state index is 13.5. The third-order valence-corrected chi connectivity index (χ3v) is 6.19. The van der Waals surface area contributed by atoms with Gasteiger partial charge in [0.25, 0.3) is 0 Å². The SMILES string of the molecule is CC1(C)OC[C@H](COc2ccc3c(c2)C(=O)c2c([nH]c4cc(C#N)ccc24)C3(C)C)O1. The van der Waals surface area contributed by atoms with Gasteiger partial charge in [0, 0.05) is 27.6 Å². The number of rotatable bonds is 3. The topological polar surface area (TPSA) is 84.3 Å². The molecule has 1 fully saturated rings. The van der Waals surface area contributed by atoms with E-state index in [2.05, 4.69) is 24.9 Å². The van der Waals surface area contributed by atoms with Crippen molar-refractivity contribution >= 4 is 16.7 Å². The van der Waals surface area contributed by atoms with Gasteiger partial charge in [0.15, 0.2) is 11.6 Å². The Morgan fingerprint density at radius 2 is 2.00 bits per heavy atom. The first-order valence-corrected chi connectivity index (χ1v) is 10.4. The van der Waals surface area contributed by atoms with Crippen LogP contribution in [0.3, 0.4) is 0 Å². The third-order valence-electron chi connectivity index (χ3n) is 6.19. The van der Waals surface area contributed by atoms with Gasteiger partial charge in [0.1, 0.15) is 18.5 Å². The van der Waals surface area contributed by atoms with Gasteiger partial charge in [-0.05, 0) is 43.7 Å². The fourth-order valence-corrected chi connectivity index (χ4v) is 4.62. The standard InChI is InChI=1S/C25H24N2O4/c1-24(2)19-8-6-15(29-12-16-13-30-25(3,4)31-16)10-18(19)22(28)21-17-7-5-14(11-26)9-20(17)27-23(21)24/h5-10,16,27H,12-13H2,1-4H3/t16-/m0/s1. The Labute approximate surface area is 180 Å². The van der Waals surface area contributed by atoms with Crippen LogP contribution in [0.4, 0.5) is 0 Å². The van der Waals surface area contributed by atoms with Crippen LogP contribution in [0.15, 0.2) is 36.4 Å². The van der Waals surface area contributed by atoms with E-state index >= 15 is 0 Å². The van der Waals surface area contributed by atoms with Crippen LogP contribution in [-0.2, 0) is 14.9 Å². The normalized spacial score (nSPS) is 20.9. The van der Waals surface area contributed by atoms with Gasteiger partial charge in [-0.3, -0.25) is 4.79 Å². The van der Waals surface area contributed by atoms with E-state index in [4.69, 9.17) is 14.2 Å². The molecule has 2 aromatic carbocycles. The lowest BCUT2D eigenvalue weighted by Gasteiger charge is -2.32. The molecule has 1 aliphatic carbocycles. The number of fused-ring (bicyclic) bond motifs is 4. The lowest BCUT2D eigenvalue weighted by atomic mass is 9.71. The molecule has 31 heavy (non-hydrogen) atoms. The molecule has 5 rings (SSSR count). The summed E-state index contributed by atoms with van der Waals surface area (Å²) in [4.78, 5) is 16.9. The van der Waals surface area contributed by atoms with Crippen molar-refractivity contribution in [3.8, 4) is 11.8 Å². The average molecular weight is 416 g/mol. The fourth-order valence-electron chi connectivity index (χ4n) is 4.62. The first-order chi connectivity index (χ1) is 14.7. The molecule has 1 N–H and O–H groups in total. The van der Waals surface area contributed by atoms with Crippen molar-refractivity contribution in [2.75, 3.05) is 13.2 Å². The summed E-state index contributed by atoms with van der Waals surface area (Å²) in [7, 11) is 0. The molecule has 1 saturated heterocycles. The van der Waals surface area contributed by atoms with Crippen molar-refractivity contribution in [3.05, 3.63) is 64.3 Å². The van der Waals surface area contributed by atoms with Crippen LogP contribution >= 0.6 is 0 Å². The number of hydrogen-bond acceptors (Lipinski definition) is 5. The number of aromatic amines is 1. The number of H-pyrrole nitrogens is 1. The van der Waals surface area contributed by atoms with Crippen LogP contribution in [0.5, 0.6) is 5.75 Å². The van der Waals surface area contributed by atoms with Gasteiger partial charge in [0.2, 0.25) is 0 Å². The Morgan fingerprint density at radius 1 is 1.19 bits per heavy atom. The van der Waals surface area contributed by atoms with Crippen molar-refractivity contribution < 1.29 is 19.0 Å². The molecule has 0 amide bonds. The Kier molecular flexibility index (Phi) is 4.27. The average Bonchev–Trinajstić information content (AvgIpc) is 3.30. The quantitative estimate of drug-likeness (QED) is 0.682. The van der Waals surface area contributed by atoms with Crippen LogP contribution in [0.2, 0.25) is 0 Å². The Bertz CT molecular complexity index is 1260. The van der Waals surface area contributed by atoms with Crippen LogP contribution < -0.4 is 4.74 Å². The smallest absolute Gasteiger partial charge is 0.195 e. The van der Waals surface area contributed by atoms with E-state index in [1.165, 1.54) is 0 Å². The third kappa shape index (κ3) is 3.13. The molecule has 1 atom stereocenters. The largest absolute Gasteiger partial charge is 0.491 e. The molecule has 158 valence electrons. The van der Waals surface area contributed by atoms with Gasteiger partial charge in [-0.1, -0.05) is 26.0 Å². The van der Waals surface area contributed by atoms with E-state index in [1.807, 2.05) is 38.1 Å². The molecule has 2 aliphatic rings. The van der Waals surface area contributed by atoms with Gasteiger partial charge in [-0.15, -0.1) is 0 Å². The number of carbonyl (C=O) groups is 1. The predicted octanol–water partition coefficient (Wildman–Crippen LogP) is 4.44. The Hall–Kier alpha value is -3.14. The van der Waals surface area contributed by atoms with Crippen LogP contribution in [0.25, 0.3) is 10.9 Å². The minimum Gasteiger partial charge on any atom is -0.491 e. The highest BCUT2D eigenvalue weighted by atomic mass is 16.7. The highest BCUT2D eigenvalue weighted by molar-refractivity contribution is 6.20. The number of carbonyl (C=O) groups excluding carboxylic acids is 1. The minimum atomic E-state index is -0.596. The monoisotopic (exact) mass is 416 g/mol. The molecule has 0 saturated carbocycles. The van der Waals surface area contributed by atoms with E-state index in [9.17, 15) is 10.1 Å². The molecule has 3 aromatic rings. The highest BCUT2D eigenvalue weighted by Gasteiger charge is 2.40. The molecule has 6 nitrogen and oxygen atoms in total. The van der Waals surface area contributed by atoms with Gasteiger partial charge >= 0.3 is 0 Å². The summed E-state index contributed by atoms with van der Waals surface area (Å²) >= 11 is 0. The Balaban J connectivity index is 1.51. The van der Waals surface area contributed by atoms with Crippen LogP contribution in [0.1, 0.15) is 60.4 Å². The zero-order valence-corrected chi connectivity index (χ0v) is 18.0. The van der Waals surface area contributed by atoms with E-state index < -0.39 is 11.2 Å². The van der Waals surface area contributed by atoms with Crippen molar-refractivity contribution in [3.63, 3.8) is 0 Å². The zero-order valence-electron chi connectivity index (χ0n) is 18.0. The summed E-state index contributed by atoms with van der Waals surface area (Å²) in [6.45, 7) is 8.80. The minimum absolute atomic E-state index is 0.0349. The number of nitrogens with one attached hydrogen (secondary N) is 1. The summed E-state index contributed by atoms with van der Waals surface area (Å²) < 4.78 is 17.3. The lowest BCUT2D eigenvalue weighted by Crippen LogP contribution is -2.30. The van der Waals surface area contributed by atoms with Gasteiger partial charge in [-0.25, -0.2) is 0 Å². The number of hydrogen-bond donors (Lipinski definition) is 1. The summed E-state index contributed by atoms with van der Waals surface area (Å²) in [5.74, 6) is -0.000303. The molecule has 0 spiro atoms. The number of aromatic nitrogens is 1. The van der Waals surface area contributed by atoms with Crippen molar-refractivity contribution in [2.24, 2.45) is 0 Å². The lowest BCUT2D eigenvalue weighted by molar-refractivity contribution is -0.141. The number of benzene rings is 2. The van der Waals surface area contributed by atoms with Crippen molar-refractivity contribution in [1.29, 1.82) is 5.26 Å². The highest BCUT2D eigenvalue weighted by Crippen LogP contribution is 2.44. The van der Waals surface area contributed by atoms with Gasteiger partial charge in [0.05, 0.1) is 23.8 Å². The first-order valence-electron chi connectivity index (χ1n) is 10.4. The number of ether oxygens (including phenoxy) is 3. The maximum Gasteiger partial charge on any atom is 0.195 e. The van der Waals surface area contributed by atoms with Crippen LogP contribution in [0, 0.1) is 11.3 Å². The van der Waals surface area contributed by atoms with Crippen molar-refractivity contribution in [2.45, 2.75) is 45.0 Å². The second-order valence-corrected chi connectivity index (χ2v) is 9.17. The van der Waals surface area contributed by atoms with Gasteiger partial charge < -0.3 is 19.2 Å². The predicted molar refractivity (Wildman–Crippen MR) is 115 cm³/mol. The molecule has 1 aliphatic heterocycles. The number of nitrogens with zero attached hydrogens (tertiary/aromatic N) is 1. The summed E-state index contributed by atoms with van der Waals surface area (Å²) in [6, 6.07) is 13.2. The van der Waals surface area contributed by atoms with Crippen LogP contribution in [-0.4, -0.2) is 35.9 Å². The second kappa shape index (κ2) is 6.68. The molecule has 0 unspecified atom stereocenters. The second-order valence-electron chi connectivity index (χ2n) is 9.17. The molecule has 6 heteroatoms. The summed E-state index contributed by atoms with van der Waals surface area (Å²) in [5.41, 5.74) is 4.11. The summed E-state index contributed by atoms with van der Waals surface area (Å²) in [5, 5.41) is 10.1. The van der Waals surface area contributed by atoms with Gasteiger partial charge in [-0.2, -0.15) is 5.26 Å². The van der Waals surface area contributed by atoms with Crippen molar-refractivity contribution in [1.82, 2.24) is 4.98 Å². The van der Waals surface area contributed by atoms with E-state index in [-0.39, 0.29) is 11.9 Å². The van der Waals surface area contributed by atoms with E-state index in [1.54, 1.807) is 12.1 Å². The van der Waals surface area contributed by atoms with E-state index in [0.29, 0.717) is 35.7 Å². The molecule has 1 aromatic heterocycles. The zero-order chi connectivity index (χ0) is 22.0.